The molecular formula is C26H29FN2O4S. The van der Waals surface area contributed by atoms with Gasteiger partial charge in [0.05, 0.1) is 26.3 Å². The summed E-state index contributed by atoms with van der Waals surface area (Å²) in [6.07, 6.45) is 0. The molecule has 1 aromatic heterocycles. The Balaban J connectivity index is 1.64. The molecule has 0 saturated carbocycles. The zero-order chi connectivity index (χ0) is 24.2. The first kappa shape index (κ1) is 25.6. The summed E-state index contributed by atoms with van der Waals surface area (Å²) in [6, 6.07) is 19.6. The summed E-state index contributed by atoms with van der Waals surface area (Å²) in [4.78, 5) is 30.3. The maximum atomic E-state index is 13.3. The van der Waals surface area contributed by atoms with Crippen LogP contribution in [0.1, 0.15) is 16.0 Å². The van der Waals surface area contributed by atoms with Crippen molar-refractivity contribution < 1.29 is 23.5 Å². The van der Waals surface area contributed by atoms with Gasteiger partial charge in [0.15, 0.2) is 0 Å². The number of benzene rings is 2. The molecule has 3 aromatic rings. The topological polar surface area (TPSA) is 59.1 Å². The highest BCUT2D eigenvalue weighted by atomic mass is 32.1. The molecule has 0 fully saturated rings. The lowest BCUT2D eigenvalue weighted by atomic mass is 10.2. The van der Waals surface area contributed by atoms with E-state index in [2.05, 4.69) is 0 Å². The number of nitrogens with zero attached hydrogens (tertiary/aromatic N) is 2. The van der Waals surface area contributed by atoms with Crippen molar-refractivity contribution in [3.63, 3.8) is 0 Å². The van der Waals surface area contributed by atoms with E-state index in [1.807, 2.05) is 47.8 Å². The average molecular weight is 485 g/mol. The lowest BCUT2D eigenvalue weighted by Gasteiger charge is -2.27. The van der Waals surface area contributed by atoms with Crippen molar-refractivity contribution >= 4 is 23.2 Å². The minimum absolute atomic E-state index is 0.0938. The Morgan fingerprint density at radius 3 is 2.32 bits per heavy atom. The molecule has 0 unspecified atom stereocenters. The summed E-state index contributed by atoms with van der Waals surface area (Å²) >= 11 is 1.56. The van der Waals surface area contributed by atoms with Crippen LogP contribution in [-0.4, -0.2) is 55.0 Å². The number of halogens is 1. The van der Waals surface area contributed by atoms with Gasteiger partial charge in [0, 0.05) is 25.1 Å². The van der Waals surface area contributed by atoms with Gasteiger partial charge in [-0.25, -0.2) is 4.39 Å². The molecule has 0 saturated heterocycles. The highest BCUT2D eigenvalue weighted by Crippen LogP contribution is 2.16. The van der Waals surface area contributed by atoms with E-state index < -0.39 is 0 Å². The third-order valence-electron chi connectivity index (χ3n) is 5.15. The Hall–Kier alpha value is -3.07. The minimum Gasteiger partial charge on any atom is -0.383 e. The van der Waals surface area contributed by atoms with Gasteiger partial charge in [-0.15, -0.1) is 11.3 Å². The van der Waals surface area contributed by atoms with Crippen LogP contribution in [0.2, 0.25) is 0 Å². The van der Waals surface area contributed by atoms with E-state index in [1.54, 1.807) is 35.5 Å². The van der Waals surface area contributed by atoms with Crippen molar-refractivity contribution in [1.29, 1.82) is 0 Å². The molecule has 2 amide bonds. The monoisotopic (exact) mass is 484 g/mol. The highest BCUT2D eigenvalue weighted by molar-refractivity contribution is 7.09. The van der Waals surface area contributed by atoms with Crippen LogP contribution in [0.3, 0.4) is 0 Å². The molecule has 6 nitrogen and oxygen atoms in total. The summed E-state index contributed by atoms with van der Waals surface area (Å²) in [5, 5.41) is 1.95. The van der Waals surface area contributed by atoms with Gasteiger partial charge < -0.3 is 19.3 Å². The number of amides is 2. The van der Waals surface area contributed by atoms with E-state index in [0.29, 0.717) is 26.3 Å². The molecule has 0 atom stereocenters. The third kappa shape index (κ3) is 8.37. The maximum absolute atomic E-state index is 13.3. The van der Waals surface area contributed by atoms with E-state index in [0.717, 1.165) is 16.0 Å². The molecule has 0 aliphatic carbocycles. The molecule has 0 aliphatic rings. The number of ether oxygens (including phenoxy) is 2. The fraction of sp³-hybridized carbons (Fsp3) is 0.308. The van der Waals surface area contributed by atoms with E-state index in [-0.39, 0.29) is 37.3 Å². The molecule has 180 valence electrons. The third-order valence-corrected chi connectivity index (χ3v) is 6.01. The van der Waals surface area contributed by atoms with Crippen molar-refractivity contribution in [2.45, 2.75) is 19.7 Å². The normalized spacial score (nSPS) is 10.8. The van der Waals surface area contributed by atoms with E-state index in [4.69, 9.17) is 9.47 Å². The standard InChI is InChI=1S/C26H29FN2O4S/c1-32-14-13-28(26(31)20-33-19-22-6-3-2-4-7-22)18-25(30)29(17-24-8-5-15-34-24)16-21-9-11-23(27)12-10-21/h2-12,15H,13-14,16-20H2,1H3. The van der Waals surface area contributed by atoms with Crippen molar-refractivity contribution in [2.75, 3.05) is 33.4 Å². The molecule has 0 radical (unpaired) electrons. The fourth-order valence-corrected chi connectivity index (χ4v) is 4.03. The molecule has 8 heteroatoms. The number of thiophene rings is 1. The number of hydrogen-bond acceptors (Lipinski definition) is 5. The smallest absolute Gasteiger partial charge is 0.249 e. The first-order chi connectivity index (χ1) is 16.5. The van der Waals surface area contributed by atoms with Crippen LogP contribution >= 0.6 is 11.3 Å². The van der Waals surface area contributed by atoms with Crippen molar-refractivity contribution in [2.24, 2.45) is 0 Å². The number of carbonyl (C=O) groups excluding carboxylic acids is 2. The highest BCUT2D eigenvalue weighted by Gasteiger charge is 2.22. The second kappa shape index (κ2) is 13.6. The number of methoxy groups -OCH3 is 1. The molecule has 0 bridgehead atoms. The second-order valence-corrected chi connectivity index (χ2v) is 8.77. The molecule has 0 spiro atoms. The summed E-state index contributed by atoms with van der Waals surface area (Å²) in [5.41, 5.74) is 1.78. The maximum Gasteiger partial charge on any atom is 0.249 e. The van der Waals surface area contributed by atoms with Gasteiger partial charge in [0.2, 0.25) is 11.8 Å². The Morgan fingerprint density at radius 2 is 1.65 bits per heavy atom. The van der Waals surface area contributed by atoms with Crippen molar-refractivity contribution in [3.05, 3.63) is 93.9 Å². The van der Waals surface area contributed by atoms with Gasteiger partial charge in [-0.3, -0.25) is 9.59 Å². The van der Waals surface area contributed by atoms with E-state index in [9.17, 15) is 14.0 Å². The fourth-order valence-electron chi connectivity index (χ4n) is 3.31. The molecule has 0 aliphatic heterocycles. The number of carbonyl (C=O) groups is 2. The Labute approximate surface area is 203 Å². The second-order valence-electron chi connectivity index (χ2n) is 7.74. The van der Waals surface area contributed by atoms with Gasteiger partial charge in [-0.1, -0.05) is 48.5 Å². The summed E-state index contributed by atoms with van der Waals surface area (Å²) in [5.74, 6) is -0.809. The van der Waals surface area contributed by atoms with Crippen LogP contribution in [0.15, 0.2) is 72.1 Å². The van der Waals surface area contributed by atoms with Crippen LogP contribution in [0.5, 0.6) is 0 Å². The minimum atomic E-state index is -0.327. The first-order valence-electron chi connectivity index (χ1n) is 11.0. The molecule has 1 heterocycles. The van der Waals surface area contributed by atoms with Gasteiger partial charge in [0.25, 0.3) is 0 Å². The Kier molecular flexibility index (Phi) is 10.2. The molecule has 3 rings (SSSR count). The lowest BCUT2D eigenvalue weighted by Crippen LogP contribution is -2.44. The Morgan fingerprint density at radius 1 is 0.882 bits per heavy atom. The molecule has 2 aromatic carbocycles. The number of hydrogen-bond donors (Lipinski definition) is 0. The van der Waals surface area contributed by atoms with Gasteiger partial charge in [-0.05, 0) is 34.7 Å². The van der Waals surface area contributed by atoms with Crippen LogP contribution in [0, 0.1) is 5.82 Å². The van der Waals surface area contributed by atoms with Gasteiger partial charge >= 0.3 is 0 Å². The first-order valence-corrected chi connectivity index (χ1v) is 11.9. The van der Waals surface area contributed by atoms with E-state index in [1.165, 1.54) is 17.0 Å². The number of rotatable bonds is 13. The molecule has 0 N–H and O–H groups in total. The Bertz CT molecular complexity index is 1010. The van der Waals surface area contributed by atoms with Crippen LogP contribution in [0.25, 0.3) is 0 Å². The largest absolute Gasteiger partial charge is 0.383 e. The SMILES string of the molecule is COCCN(CC(=O)N(Cc1ccc(F)cc1)Cc1cccs1)C(=O)COCc1ccccc1. The average Bonchev–Trinajstić information content (AvgIpc) is 3.36. The van der Waals surface area contributed by atoms with Gasteiger partial charge in [0.1, 0.15) is 12.4 Å². The lowest BCUT2D eigenvalue weighted by molar-refractivity contribution is -0.144. The van der Waals surface area contributed by atoms with Crippen LogP contribution < -0.4 is 0 Å². The van der Waals surface area contributed by atoms with Crippen LogP contribution in [-0.2, 0) is 38.8 Å². The molecular weight excluding hydrogens is 455 g/mol. The van der Waals surface area contributed by atoms with E-state index >= 15 is 0 Å². The molecule has 34 heavy (non-hydrogen) atoms. The summed E-state index contributed by atoms with van der Waals surface area (Å²) in [7, 11) is 1.55. The zero-order valence-corrected chi connectivity index (χ0v) is 20.0. The van der Waals surface area contributed by atoms with Crippen molar-refractivity contribution in [3.8, 4) is 0 Å². The quantitative estimate of drug-likeness (QED) is 0.366. The van der Waals surface area contributed by atoms with Crippen LogP contribution in [0.4, 0.5) is 4.39 Å². The van der Waals surface area contributed by atoms with Gasteiger partial charge in [-0.2, -0.15) is 0 Å². The van der Waals surface area contributed by atoms with Crippen molar-refractivity contribution in [1.82, 2.24) is 9.80 Å². The predicted molar refractivity (Wildman–Crippen MR) is 130 cm³/mol. The summed E-state index contributed by atoms with van der Waals surface area (Å²) < 4.78 is 24.1. The predicted octanol–water partition coefficient (Wildman–Crippen LogP) is 4.11. The zero-order valence-electron chi connectivity index (χ0n) is 19.2. The summed E-state index contributed by atoms with van der Waals surface area (Å²) in [6.45, 7) is 1.39.